The van der Waals surface area contributed by atoms with Crippen molar-refractivity contribution in [2.24, 2.45) is 0 Å². The Hall–Kier alpha value is -2.84. The van der Waals surface area contributed by atoms with E-state index >= 15 is 0 Å². The molecule has 2 aromatic carbocycles. The van der Waals surface area contributed by atoms with E-state index in [2.05, 4.69) is 10.00 Å². The van der Waals surface area contributed by atoms with Gasteiger partial charge in [-0.15, -0.1) is 0 Å². The van der Waals surface area contributed by atoms with Crippen molar-refractivity contribution in [2.45, 2.75) is 12.6 Å². The summed E-state index contributed by atoms with van der Waals surface area (Å²) < 4.78 is 52.3. The summed E-state index contributed by atoms with van der Waals surface area (Å²) in [5.74, 6) is 0.676. The van der Waals surface area contributed by atoms with Crippen LogP contribution in [0, 0.1) is 0 Å². The molecular formula is C23H24F3N3O2. The van der Waals surface area contributed by atoms with E-state index in [0.29, 0.717) is 29.3 Å². The zero-order chi connectivity index (χ0) is 21.7. The minimum atomic E-state index is -4.52. The first-order valence-corrected chi connectivity index (χ1v) is 10.3. The summed E-state index contributed by atoms with van der Waals surface area (Å²) in [6.45, 7) is 4.97. The molecule has 0 bridgehead atoms. The Balaban J connectivity index is 1.45. The second-order valence-electron chi connectivity index (χ2n) is 7.34. The van der Waals surface area contributed by atoms with Crippen LogP contribution in [0.25, 0.3) is 16.9 Å². The van der Waals surface area contributed by atoms with E-state index < -0.39 is 11.9 Å². The van der Waals surface area contributed by atoms with E-state index in [9.17, 15) is 13.2 Å². The standard InChI is InChI=1S/C23H24F3N3O2/c24-23(25,26)22-17-21(18-5-2-1-3-6-18)29(27-22)19-7-9-20(10-8-19)31-14-4-11-28-12-15-30-16-13-28/h1-3,5-10,17H,4,11-16H2. The molecule has 0 amide bonds. The Morgan fingerprint density at radius 1 is 0.968 bits per heavy atom. The predicted octanol–water partition coefficient (Wildman–Crippen LogP) is 4.66. The fourth-order valence-electron chi connectivity index (χ4n) is 3.52. The quantitative estimate of drug-likeness (QED) is 0.510. The summed E-state index contributed by atoms with van der Waals surface area (Å²) in [5.41, 5.74) is 0.658. The van der Waals surface area contributed by atoms with E-state index in [1.54, 1.807) is 48.5 Å². The first-order chi connectivity index (χ1) is 15.0. The van der Waals surface area contributed by atoms with Crippen molar-refractivity contribution in [3.8, 4) is 22.7 Å². The Labute approximate surface area is 179 Å². The average molecular weight is 431 g/mol. The summed E-state index contributed by atoms with van der Waals surface area (Å²) in [6.07, 6.45) is -3.62. The zero-order valence-corrected chi connectivity index (χ0v) is 17.0. The first kappa shape index (κ1) is 21.4. The lowest BCUT2D eigenvalue weighted by molar-refractivity contribution is -0.141. The lowest BCUT2D eigenvalue weighted by atomic mass is 10.1. The van der Waals surface area contributed by atoms with Gasteiger partial charge in [-0.2, -0.15) is 18.3 Å². The summed E-state index contributed by atoms with van der Waals surface area (Å²) >= 11 is 0. The third-order valence-electron chi connectivity index (χ3n) is 5.14. The SMILES string of the molecule is FC(F)(F)c1cc(-c2ccccc2)n(-c2ccc(OCCCN3CCOCC3)cc2)n1. The number of alkyl halides is 3. The van der Waals surface area contributed by atoms with Gasteiger partial charge in [-0.3, -0.25) is 4.90 Å². The highest BCUT2D eigenvalue weighted by Gasteiger charge is 2.35. The molecule has 5 nitrogen and oxygen atoms in total. The minimum absolute atomic E-state index is 0.382. The molecule has 1 fully saturated rings. The van der Waals surface area contributed by atoms with E-state index in [4.69, 9.17) is 9.47 Å². The summed E-state index contributed by atoms with van der Waals surface area (Å²) in [5, 5.41) is 3.82. The number of hydrogen-bond acceptors (Lipinski definition) is 4. The molecule has 31 heavy (non-hydrogen) atoms. The van der Waals surface area contributed by atoms with Crippen molar-refractivity contribution in [3.05, 3.63) is 66.4 Å². The largest absolute Gasteiger partial charge is 0.494 e. The van der Waals surface area contributed by atoms with Crippen LogP contribution in [0.5, 0.6) is 5.75 Å². The van der Waals surface area contributed by atoms with Gasteiger partial charge < -0.3 is 9.47 Å². The van der Waals surface area contributed by atoms with Crippen molar-refractivity contribution >= 4 is 0 Å². The minimum Gasteiger partial charge on any atom is -0.494 e. The van der Waals surface area contributed by atoms with E-state index in [1.165, 1.54) is 4.68 Å². The number of ether oxygens (including phenoxy) is 2. The molecule has 0 aliphatic carbocycles. The highest BCUT2D eigenvalue weighted by Crippen LogP contribution is 2.33. The Bertz CT molecular complexity index is 966. The Morgan fingerprint density at radius 3 is 2.35 bits per heavy atom. The van der Waals surface area contributed by atoms with Crippen molar-refractivity contribution in [1.82, 2.24) is 14.7 Å². The van der Waals surface area contributed by atoms with Crippen LogP contribution in [0.15, 0.2) is 60.7 Å². The van der Waals surface area contributed by atoms with E-state index in [1.807, 2.05) is 6.07 Å². The number of aromatic nitrogens is 2. The molecule has 1 saturated heterocycles. The number of rotatable bonds is 7. The number of nitrogens with zero attached hydrogens (tertiary/aromatic N) is 3. The molecule has 3 aromatic rings. The maximum absolute atomic E-state index is 13.3. The van der Waals surface area contributed by atoms with Crippen LogP contribution in [-0.2, 0) is 10.9 Å². The third-order valence-corrected chi connectivity index (χ3v) is 5.14. The molecular weight excluding hydrogens is 407 g/mol. The molecule has 2 heterocycles. The predicted molar refractivity (Wildman–Crippen MR) is 111 cm³/mol. The molecule has 0 radical (unpaired) electrons. The first-order valence-electron chi connectivity index (χ1n) is 10.3. The van der Waals surface area contributed by atoms with Gasteiger partial charge in [0.15, 0.2) is 5.69 Å². The topological polar surface area (TPSA) is 39.5 Å². The fourth-order valence-corrected chi connectivity index (χ4v) is 3.52. The molecule has 1 aromatic heterocycles. The summed E-state index contributed by atoms with van der Waals surface area (Å²) in [4.78, 5) is 2.34. The fraction of sp³-hybridized carbons (Fsp3) is 0.348. The van der Waals surface area contributed by atoms with E-state index in [0.717, 1.165) is 45.3 Å². The van der Waals surface area contributed by atoms with Crippen LogP contribution < -0.4 is 4.74 Å². The molecule has 0 atom stereocenters. The van der Waals surface area contributed by atoms with Gasteiger partial charge in [0.25, 0.3) is 0 Å². The van der Waals surface area contributed by atoms with Crippen LogP contribution in [0.3, 0.4) is 0 Å². The second-order valence-corrected chi connectivity index (χ2v) is 7.34. The van der Waals surface area contributed by atoms with Gasteiger partial charge in [-0.25, -0.2) is 4.68 Å². The summed E-state index contributed by atoms with van der Waals surface area (Å²) in [6, 6.07) is 16.9. The Kier molecular flexibility index (Phi) is 6.58. The third kappa shape index (κ3) is 5.45. The maximum Gasteiger partial charge on any atom is 0.435 e. The van der Waals surface area contributed by atoms with Gasteiger partial charge in [-0.1, -0.05) is 30.3 Å². The lowest BCUT2D eigenvalue weighted by Crippen LogP contribution is -2.37. The molecule has 0 saturated carbocycles. The number of benzene rings is 2. The lowest BCUT2D eigenvalue weighted by Gasteiger charge is -2.26. The second kappa shape index (κ2) is 9.53. The number of morpholine rings is 1. The van der Waals surface area contributed by atoms with Crippen LogP contribution in [0.4, 0.5) is 13.2 Å². The highest BCUT2D eigenvalue weighted by atomic mass is 19.4. The average Bonchev–Trinajstić information content (AvgIpc) is 3.25. The monoisotopic (exact) mass is 431 g/mol. The highest BCUT2D eigenvalue weighted by molar-refractivity contribution is 5.63. The summed E-state index contributed by atoms with van der Waals surface area (Å²) in [7, 11) is 0. The normalized spacial score (nSPS) is 15.2. The smallest absolute Gasteiger partial charge is 0.435 e. The molecule has 0 N–H and O–H groups in total. The van der Waals surface area contributed by atoms with Crippen LogP contribution in [-0.4, -0.2) is 54.1 Å². The van der Waals surface area contributed by atoms with Crippen molar-refractivity contribution in [1.29, 1.82) is 0 Å². The van der Waals surface area contributed by atoms with Crippen molar-refractivity contribution < 1.29 is 22.6 Å². The maximum atomic E-state index is 13.3. The molecule has 0 spiro atoms. The van der Waals surface area contributed by atoms with Gasteiger partial charge in [0.1, 0.15) is 5.75 Å². The molecule has 8 heteroatoms. The van der Waals surface area contributed by atoms with Crippen molar-refractivity contribution in [2.75, 3.05) is 39.5 Å². The zero-order valence-electron chi connectivity index (χ0n) is 17.0. The number of halogens is 3. The van der Waals surface area contributed by atoms with Crippen LogP contribution >= 0.6 is 0 Å². The molecule has 1 aliphatic rings. The van der Waals surface area contributed by atoms with Crippen LogP contribution in [0.2, 0.25) is 0 Å². The van der Waals surface area contributed by atoms with E-state index in [-0.39, 0.29) is 0 Å². The Morgan fingerprint density at radius 2 is 1.68 bits per heavy atom. The van der Waals surface area contributed by atoms with Gasteiger partial charge in [0.05, 0.1) is 31.2 Å². The van der Waals surface area contributed by atoms with Crippen LogP contribution in [0.1, 0.15) is 12.1 Å². The van der Waals surface area contributed by atoms with Gasteiger partial charge in [0.2, 0.25) is 0 Å². The molecule has 4 rings (SSSR count). The van der Waals surface area contributed by atoms with Gasteiger partial charge >= 0.3 is 6.18 Å². The number of hydrogen-bond donors (Lipinski definition) is 0. The van der Waals surface area contributed by atoms with Gasteiger partial charge in [-0.05, 0) is 36.8 Å². The van der Waals surface area contributed by atoms with Gasteiger partial charge in [0, 0.05) is 25.2 Å². The molecule has 164 valence electrons. The molecule has 0 unspecified atom stereocenters. The van der Waals surface area contributed by atoms with Crippen molar-refractivity contribution in [3.63, 3.8) is 0 Å². The molecule has 1 aliphatic heterocycles.